The van der Waals surface area contributed by atoms with E-state index in [0.29, 0.717) is 46.6 Å². The summed E-state index contributed by atoms with van der Waals surface area (Å²) in [4.78, 5) is 29.3. The molecule has 4 rings (SSSR count). The molecular weight excluding hydrogens is 531 g/mol. The van der Waals surface area contributed by atoms with E-state index in [1.807, 2.05) is 36.1 Å². The molecule has 0 aliphatic carbocycles. The highest BCUT2D eigenvalue weighted by Crippen LogP contribution is 2.25. The van der Waals surface area contributed by atoms with Crippen LogP contribution in [0.3, 0.4) is 0 Å². The molecule has 2 amide bonds. The first-order valence-corrected chi connectivity index (χ1v) is 12.9. The van der Waals surface area contributed by atoms with Crippen LogP contribution in [0.1, 0.15) is 27.6 Å². The maximum atomic E-state index is 12.7. The first kappa shape index (κ1) is 26.7. The molecule has 1 fully saturated rings. The second kappa shape index (κ2) is 12.3. The summed E-state index contributed by atoms with van der Waals surface area (Å²) < 4.78 is 5.40. The summed E-state index contributed by atoms with van der Waals surface area (Å²) in [6.07, 6.45) is 0. The molecule has 2 N–H and O–H groups in total. The van der Waals surface area contributed by atoms with Crippen molar-refractivity contribution >= 4 is 63.7 Å². The zero-order valence-corrected chi connectivity index (χ0v) is 22.5. The number of hydrogen-bond donors (Lipinski definition) is 2. The molecule has 3 aromatic carbocycles. The Morgan fingerprint density at radius 1 is 0.919 bits per heavy atom. The molecule has 0 unspecified atom stereocenters. The number of anilines is 2. The van der Waals surface area contributed by atoms with E-state index in [0.717, 1.165) is 24.5 Å². The monoisotopic (exact) mass is 556 g/mol. The Morgan fingerprint density at radius 2 is 1.57 bits per heavy atom. The number of hydrogen-bond acceptors (Lipinski definition) is 5. The molecule has 1 heterocycles. The van der Waals surface area contributed by atoms with Gasteiger partial charge in [-0.15, -0.1) is 0 Å². The van der Waals surface area contributed by atoms with Gasteiger partial charge in [-0.05, 0) is 85.9 Å². The normalized spacial score (nSPS) is 13.2. The first-order chi connectivity index (χ1) is 17.8. The largest absolute Gasteiger partial charge is 0.492 e. The van der Waals surface area contributed by atoms with Gasteiger partial charge in [0, 0.05) is 53.7 Å². The van der Waals surface area contributed by atoms with Gasteiger partial charge in [-0.1, -0.05) is 23.2 Å². The van der Waals surface area contributed by atoms with E-state index in [1.165, 1.54) is 0 Å². The Balaban J connectivity index is 1.27. The van der Waals surface area contributed by atoms with Crippen LogP contribution < -0.4 is 20.3 Å². The van der Waals surface area contributed by atoms with E-state index < -0.39 is 0 Å². The zero-order valence-electron chi connectivity index (χ0n) is 20.2. The first-order valence-electron chi connectivity index (χ1n) is 11.8. The number of nitrogens with zero attached hydrogens (tertiary/aromatic N) is 2. The predicted molar refractivity (Wildman–Crippen MR) is 152 cm³/mol. The highest BCUT2D eigenvalue weighted by molar-refractivity contribution is 7.80. The SMILES string of the molecule is CCOc1ccc(C(=O)NC(=S)Nc2ccc(N3CCN(C(=O)c4ccc(Cl)cc4)CC3)cc2)cc1Cl. The van der Waals surface area contributed by atoms with Crippen LogP contribution in [-0.4, -0.2) is 54.6 Å². The minimum absolute atomic E-state index is 0.0129. The van der Waals surface area contributed by atoms with Gasteiger partial charge in [0.2, 0.25) is 0 Å². The number of carbonyl (C=O) groups excluding carboxylic acids is 2. The molecule has 0 atom stereocenters. The lowest BCUT2D eigenvalue weighted by Crippen LogP contribution is -2.48. The van der Waals surface area contributed by atoms with Crippen molar-refractivity contribution in [1.29, 1.82) is 0 Å². The molecule has 0 bridgehead atoms. The van der Waals surface area contributed by atoms with Crippen LogP contribution in [-0.2, 0) is 0 Å². The lowest BCUT2D eigenvalue weighted by atomic mass is 10.1. The summed E-state index contributed by atoms with van der Waals surface area (Å²) in [7, 11) is 0. The van der Waals surface area contributed by atoms with Crippen LogP contribution in [0, 0.1) is 0 Å². The summed E-state index contributed by atoms with van der Waals surface area (Å²) in [6, 6.07) is 19.6. The molecule has 0 aromatic heterocycles. The van der Waals surface area contributed by atoms with Crippen molar-refractivity contribution < 1.29 is 14.3 Å². The van der Waals surface area contributed by atoms with Gasteiger partial charge in [0.15, 0.2) is 5.11 Å². The van der Waals surface area contributed by atoms with Crippen LogP contribution in [0.25, 0.3) is 0 Å². The maximum absolute atomic E-state index is 12.7. The maximum Gasteiger partial charge on any atom is 0.257 e. The minimum atomic E-state index is -0.370. The fourth-order valence-electron chi connectivity index (χ4n) is 3.95. The zero-order chi connectivity index (χ0) is 26.4. The molecule has 1 saturated heterocycles. The third-order valence-electron chi connectivity index (χ3n) is 5.87. The smallest absolute Gasteiger partial charge is 0.257 e. The summed E-state index contributed by atoms with van der Waals surface area (Å²) in [5.41, 5.74) is 2.81. The second-order valence-electron chi connectivity index (χ2n) is 8.32. The molecule has 0 radical (unpaired) electrons. The number of halogens is 2. The number of thiocarbonyl (C=S) groups is 1. The van der Waals surface area contributed by atoms with Crippen molar-refractivity contribution in [2.24, 2.45) is 0 Å². The summed E-state index contributed by atoms with van der Waals surface area (Å²) in [6.45, 7) is 5.06. The summed E-state index contributed by atoms with van der Waals surface area (Å²) in [5, 5.41) is 6.83. The van der Waals surface area contributed by atoms with Crippen molar-refractivity contribution in [1.82, 2.24) is 10.2 Å². The highest BCUT2D eigenvalue weighted by atomic mass is 35.5. The van der Waals surface area contributed by atoms with Crippen molar-refractivity contribution in [3.63, 3.8) is 0 Å². The van der Waals surface area contributed by atoms with Crippen LogP contribution in [0.5, 0.6) is 5.75 Å². The number of amides is 2. The van der Waals surface area contributed by atoms with E-state index >= 15 is 0 Å². The third kappa shape index (κ3) is 6.91. The predicted octanol–water partition coefficient (Wildman–Crippen LogP) is 5.48. The quantitative estimate of drug-likeness (QED) is 0.391. The third-order valence-corrected chi connectivity index (χ3v) is 6.62. The van der Waals surface area contributed by atoms with Gasteiger partial charge in [0.25, 0.3) is 11.8 Å². The number of carbonyl (C=O) groups is 2. The second-order valence-corrected chi connectivity index (χ2v) is 9.57. The molecule has 3 aromatic rings. The highest BCUT2D eigenvalue weighted by Gasteiger charge is 2.22. The molecule has 0 saturated carbocycles. The Morgan fingerprint density at radius 3 is 2.19 bits per heavy atom. The Bertz CT molecular complexity index is 1280. The van der Waals surface area contributed by atoms with Gasteiger partial charge >= 0.3 is 0 Å². The van der Waals surface area contributed by atoms with E-state index in [2.05, 4.69) is 15.5 Å². The van der Waals surface area contributed by atoms with Gasteiger partial charge < -0.3 is 19.9 Å². The standard InChI is InChI=1S/C27H26Cl2N4O3S/c1-2-36-24-12-5-19(17-23(24)29)25(34)31-27(37)30-21-8-10-22(11-9-21)32-13-15-33(16-14-32)26(35)18-3-6-20(28)7-4-18/h3-12,17H,2,13-16H2,1H3,(H2,30,31,34,37). The lowest BCUT2D eigenvalue weighted by molar-refractivity contribution is 0.0746. The molecule has 0 spiro atoms. The van der Waals surface area contributed by atoms with Gasteiger partial charge in [-0.2, -0.15) is 0 Å². The average molecular weight is 558 g/mol. The Kier molecular flexibility index (Phi) is 8.87. The molecule has 192 valence electrons. The average Bonchev–Trinajstić information content (AvgIpc) is 2.90. The lowest BCUT2D eigenvalue weighted by Gasteiger charge is -2.36. The number of rotatable bonds is 6. The molecular formula is C27H26Cl2N4O3S. The van der Waals surface area contributed by atoms with Crippen LogP contribution in [0.4, 0.5) is 11.4 Å². The number of benzene rings is 3. The summed E-state index contributed by atoms with van der Waals surface area (Å²) >= 11 is 17.4. The fourth-order valence-corrected chi connectivity index (χ4v) is 4.52. The molecule has 7 nitrogen and oxygen atoms in total. The summed E-state index contributed by atoms with van der Waals surface area (Å²) in [5.74, 6) is 0.167. The topological polar surface area (TPSA) is 73.9 Å². The number of nitrogens with one attached hydrogen (secondary N) is 2. The van der Waals surface area contributed by atoms with Gasteiger partial charge in [0.1, 0.15) is 5.75 Å². The fraction of sp³-hybridized carbons (Fsp3) is 0.222. The van der Waals surface area contributed by atoms with E-state index in [1.54, 1.807) is 42.5 Å². The van der Waals surface area contributed by atoms with Crippen LogP contribution in [0.15, 0.2) is 66.7 Å². The van der Waals surface area contributed by atoms with Crippen LogP contribution in [0.2, 0.25) is 10.0 Å². The van der Waals surface area contributed by atoms with E-state index in [9.17, 15) is 9.59 Å². The van der Waals surface area contributed by atoms with Crippen molar-refractivity contribution in [3.8, 4) is 5.75 Å². The van der Waals surface area contributed by atoms with E-state index in [4.69, 9.17) is 40.2 Å². The Hall–Kier alpha value is -3.33. The molecule has 1 aliphatic heterocycles. The van der Waals surface area contributed by atoms with Crippen LogP contribution >= 0.6 is 35.4 Å². The Labute approximate surface area is 231 Å². The van der Waals surface area contributed by atoms with Crippen molar-refractivity contribution in [2.75, 3.05) is 43.0 Å². The molecule has 1 aliphatic rings. The van der Waals surface area contributed by atoms with Gasteiger partial charge in [0.05, 0.1) is 11.6 Å². The van der Waals surface area contributed by atoms with E-state index in [-0.39, 0.29) is 16.9 Å². The molecule has 10 heteroatoms. The number of ether oxygens (including phenoxy) is 1. The van der Waals surface area contributed by atoms with Gasteiger partial charge in [-0.3, -0.25) is 14.9 Å². The van der Waals surface area contributed by atoms with Gasteiger partial charge in [-0.25, -0.2) is 0 Å². The molecule has 37 heavy (non-hydrogen) atoms. The van der Waals surface area contributed by atoms with Crippen molar-refractivity contribution in [2.45, 2.75) is 6.92 Å². The van der Waals surface area contributed by atoms with Crippen molar-refractivity contribution in [3.05, 3.63) is 87.9 Å². The minimum Gasteiger partial charge on any atom is -0.492 e. The number of piperazine rings is 1.